The highest BCUT2D eigenvalue weighted by atomic mass is 32.1. The maximum atomic E-state index is 11.8. The molecule has 4 nitrogen and oxygen atoms in total. The normalized spacial score (nSPS) is 18.3. The Morgan fingerprint density at radius 1 is 1.07 bits per heavy atom. The van der Waals surface area contributed by atoms with Crippen LogP contribution in [0.3, 0.4) is 0 Å². The summed E-state index contributed by atoms with van der Waals surface area (Å²) in [5.74, 6) is 0.792. The molecule has 27 heavy (non-hydrogen) atoms. The molecule has 1 aliphatic heterocycles. The summed E-state index contributed by atoms with van der Waals surface area (Å²) in [5.41, 5.74) is 2.18. The molecular weight excluding hydrogens is 358 g/mol. The van der Waals surface area contributed by atoms with Crippen LogP contribution in [0, 0.1) is 0 Å². The molecule has 1 aliphatic rings. The molecule has 1 aromatic heterocycles. The van der Waals surface area contributed by atoms with Gasteiger partial charge in [-0.2, -0.15) is 11.3 Å². The Morgan fingerprint density at radius 3 is 2.63 bits per heavy atom. The van der Waals surface area contributed by atoms with Crippen LogP contribution in [0.2, 0.25) is 0 Å². The van der Waals surface area contributed by atoms with E-state index in [1.807, 2.05) is 53.9 Å². The van der Waals surface area contributed by atoms with Crippen molar-refractivity contribution in [2.75, 3.05) is 6.54 Å². The molecule has 2 heterocycles. The number of rotatable bonds is 6. The molecule has 3 aromatic rings. The molecule has 1 N–H and O–H groups in total. The van der Waals surface area contributed by atoms with Crippen LogP contribution in [0.5, 0.6) is 11.5 Å². The third-order valence-corrected chi connectivity index (χ3v) is 5.62. The summed E-state index contributed by atoms with van der Waals surface area (Å²) in [6, 6.07) is 19.2. The second kappa shape index (κ2) is 7.94. The number of carboxylic acid groups (broad SMARTS) is 1. The van der Waals surface area contributed by atoms with Gasteiger partial charge in [0.25, 0.3) is 0 Å². The van der Waals surface area contributed by atoms with Gasteiger partial charge in [-0.05, 0) is 65.1 Å². The Morgan fingerprint density at radius 2 is 1.89 bits per heavy atom. The highest BCUT2D eigenvalue weighted by Crippen LogP contribution is 2.37. The lowest BCUT2D eigenvalue weighted by atomic mass is 9.98. The molecule has 5 heteroatoms. The maximum Gasteiger partial charge on any atom is 0.320 e. The third-order valence-electron chi connectivity index (χ3n) is 4.92. The summed E-state index contributed by atoms with van der Waals surface area (Å²) in [5, 5.41) is 13.8. The number of likely N-dealkylation sites (tertiary alicyclic amines) is 1. The van der Waals surface area contributed by atoms with Crippen molar-refractivity contribution in [3.8, 4) is 11.5 Å². The lowest BCUT2D eigenvalue weighted by molar-refractivity contribution is -0.142. The van der Waals surface area contributed by atoms with Gasteiger partial charge in [0.15, 0.2) is 0 Å². The number of hydrogen-bond donors (Lipinski definition) is 1. The van der Waals surface area contributed by atoms with Crippen molar-refractivity contribution in [3.05, 3.63) is 82.6 Å². The summed E-state index contributed by atoms with van der Waals surface area (Å²) < 4.78 is 5.99. The lowest BCUT2D eigenvalue weighted by Crippen LogP contribution is -2.39. The van der Waals surface area contributed by atoms with Crippen molar-refractivity contribution in [2.24, 2.45) is 0 Å². The number of para-hydroxylation sites is 1. The number of benzene rings is 2. The summed E-state index contributed by atoms with van der Waals surface area (Å²) in [6.07, 6.45) is 1.59. The molecule has 0 aliphatic carbocycles. The topological polar surface area (TPSA) is 49.8 Å². The lowest BCUT2D eigenvalue weighted by Gasteiger charge is -2.31. The first kappa shape index (κ1) is 17.8. The van der Waals surface area contributed by atoms with Gasteiger partial charge < -0.3 is 9.84 Å². The van der Waals surface area contributed by atoms with E-state index in [1.54, 1.807) is 11.3 Å². The quantitative estimate of drug-likeness (QED) is 0.641. The van der Waals surface area contributed by atoms with Gasteiger partial charge in [0.1, 0.15) is 17.5 Å². The number of hydrogen-bond acceptors (Lipinski definition) is 4. The van der Waals surface area contributed by atoms with Crippen molar-refractivity contribution in [2.45, 2.75) is 24.9 Å². The van der Waals surface area contributed by atoms with E-state index < -0.39 is 12.0 Å². The van der Waals surface area contributed by atoms with Crippen molar-refractivity contribution in [3.63, 3.8) is 0 Å². The predicted molar refractivity (Wildman–Crippen MR) is 106 cm³/mol. The Hall–Kier alpha value is -2.63. The number of nitrogens with zero attached hydrogens (tertiary/aromatic N) is 1. The van der Waals surface area contributed by atoms with Gasteiger partial charge in [-0.15, -0.1) is 0 Å². The van der Waals surface area contributed by atoms with Crippen LogP contribution in [-0.2, 0) is 4.79 Å². The van der Waals surface area contributed by atoms with Crippen molar-refractivity contribution in [1.29, 1.82) is 0 Å². The van der Waals surface area contributed by atoms with Gasteiger partial charge in [-0.25, -0.2) is 0 Å². The first-order valence-corrected chi connectivity index (χ1v) is 10.00. The summed E-state index contributed by atoms with van der Waals surface area (Å²) in [7, 11) is 0. The van der Waals surface area contributed by atoms with Gasteiger partial charge in [0.05, 0.1) is 6.04 Å². The molecule has 138 valence electrons. The fourth-order valence-corrected chi connectivity index (χ4v) is 4.42. The van der Waals surface area contributed by atoms with Gasteiger partial charge in [-0.1, -0.05) is 30.3 Å². The van der Waals surface area contributed by atoms with Gasteiger partial charge in [-0.3, -0.25) is 9.69 Å². The summed E-state index contributed by atoms with van der Waals surface area (Å²) >= 11 is 1.63. The molecule has 1 fully saturated rings. The Kier molecular flexibility index (Phi) is 5.23. The molecular formula is C22H21NO3S. The van der Waals surface area contributed by atoms with Crippen LogP contribution in [-0.4, -0.2) is 28.6 Å². The Bertz CT molecular complexity index is 895. The number of carboxylic acids is 1. The zero-order valence-electron chi connectivity index (χ0n) is 14.8. The predicted octanol–water partition coefficient (Wildman–Crippen LogP) is 5.18. The van der Waals surface area contributed by atoms with Crippen LogP contribution in [0.1, 0.15) is 30.0 Å². The van der Waals surface area contributed by atoms with Gasteiger partial charge in [0, 0.05) is 6.54 Å². The molecule has 0 spiro atoms. The standard InChI is InChI=1S/C22H21NO3S/c24-22(25)20-10-5-12-23(20)21(17-11-13-27-15-17)16-6-4-9-19(14-16)26-18-7-2-1-3-8-18/h1-4,6-9,11,13-15,20-21H,5,10,12H2,(H,24,25). The van der Waals surface area contributed by atoms with E-state index in [0.717, 1.165) is 35.6 Å². The monoisotopic (exact) mass is 379 g/mol. The molecule has 0 bridgehead atoms. The highest BCUT2D eigenvalue weighted by molar-refractivity contribution is 7.08. The summed E-state index contributed by atoms with van der Waals surface area (Å²) in [6.45, 7) is 0.779. The number of ether oxygens (including phenoxy) is 1. The van der Waals surface area contributed by atoms with Crippen LogP contribution in [0.15, 0.2) is 71.4 Å². The third kappa shape index (κ3) is 3.89. The summed E-state index contributed by atoms with van der Waals surface area (Å²) in [4.78, 5) is 13.9. The molecule has 2 aromatic carbocycles. The number of thiophene rings is 1. The molecule has 0 saturated carbocycles. The van der Waals surface area contributed by atoms with Gasteiger partial charge in [0.2, 0.25) is 0 Å². The largest absolute Gasteiger partial charge is 0.480 e. The zero-order valence-corrected chi connectivity index (χ0v) is 15.6. The second-order valence-electron chi connectivity index (χ2n) is 6.68. The number of aliphatic carboxylic acids is 1. The Labute approximate surface area is 162 Å². The first-order valence-electron chi connectivity index (χ1n) is 9.06. The molecule has 2 atom stereocenters. The molecule has 1 saturated heterocycles. The van der Waals surface area contributed by atoms with E-state index >= 15 is 0 Å². The van der Waals surface area contributed by atoms with E-state index in [2.05, 4.69) is 22.4 Å². The van der Waals surface area contributed by atoms with Crippen LogP contribution < -0.4 is 4.74 Å². The van der Waals surface area contributed by atoms with Crippen LogP contribution in [0.25, 0.3) is 0 Å². The average molecular weight is 379 g/mol. The smallest absolute Gasteiger partial charge is 0.320 e. The van der Waals surface area contributed by atoms with E-state index in [9.17, 15) is 9.90 Å². The second-order valence-corrected chi connectivity index (χ2v) is 7.46. The Balaban J connectivity index is 1.68. The van der Waals surface area contributed by atoms with Crippen LogP contribution in [0.4, 0.5) is 0 Å². The minimum absolute atomic E-state index is 0.0841. The van der Waals surface area contributed by atoms with Crippen LogP contribution >= 0.6 is 11.3 Å². The van der Waals surface area contributed by atoms with Crippen molar-refractivity contribution < 1.29 is 14.6 Å². The van der Waals surface area contributed by atoms with E-state index in [1.165, 1.54) is 0 Å². The van der Waals surface area contributed by atoms with E-state index in [0.29, 0.717) is 6.42 Å². The minimum atomic E-state index is -0.746. The fraction of sp³-hybridized carbons (Fsp3) is 0.227. The van der Waals surface area contributed by atoms with Crippen molar-refractivity contribution in [1.82, 2.24) is 4.90 Å². The fourth-order valence-electron chi connectivity index (χ4n) is 3.74. The van der Waals surface area contributed by atoms with Gasteiger partial charge >= 0.3 is 5.97 Å². The maximum absolute atomic E-state index is 11.8. The van der Waals surface area contributed by atoms with E-state index in [4.69, 9.17) is 4.74 Å². The van der Waals surface area contributed by atoms with E-state index in [-0.39, 0.29) is 6.04 Å². The minimum Gasteiger partial charge on any atom is -0.480 e. The zero-order chi connectivity index (χ0) is 18.6. The van der Waals surface area contributed by atoms with Crippen molar-refractivity contribution >= 4 is 17.3 Å². The molecule has 2 unspecified atom stereocenters. The molecule has 0 radical (unpaired) electrons. The first-order chi connectivity index (χ1) is 13.2. The SMILES string of the molecule is O=C(O)C1CCCN1C(c1ccsc1)c1cccc(Oc2ccccc2)c1. The number of carbonyl (C=O) groups is 1. The average Bonchev–Trinajstić information content (AvgIpc) is 3.36. The highest BCUT2D eigenvalue weighted by Gasteiger charge is 2.37. The molecule has 0 amide bonds. The molecule has 4 rings (SSSR count).